The fourth-order valence-electron chi connectivity index (χ4n) is 1.94. The van der Waals surface area contributed by atoms with E-state index >= 15 is 0 Å². The molecule has 0 saturated carbocycles. The number of amides is 1. The van der Waals surface area contributed by atoms with Crippen LogP contribution in [-0.4, -0.2) is 25.8 Å². The molecule has 0 aliphatic rings. The van der Waals surface area contributed by atoms with Crippen molar-refractivity contribution < 1.29 is 22.0 Å². The Morgan fingerprint density at radius 3 is 2.62 bits per heavy atom. The summed E-state index contributed by atoms with van der Waals surface area (Å²) < 4.78 is 32.9. The van der Waals surface area contributed by atoms with Gasteiger partial charge in [-0.1, -0.05) is 0 Å². The van der Waals surface area contributed by atoms with Gasteiger partial charge in [0.1, 0.15) is 10.7 Å². The molecule has 2 N–H and O–H groups in total. The van der Waals surface area contributed by atoms with Gasteiger partial charge in [-0.25, -0.2) is 13.6 Å². The predicted octanol–water partition coefficient (Wildman–Crippen LogP) is 1.49. The lowest BCUT2D eigenvalue weighted by Crippen LogP contribution is -2.29. The van der Waals surface area contributed by atoms with Crippen molar-refractivity contribution in [3.05, 3.63) is 41.7 Å². The molecule has 2 aromatic heterocycles. The van der Waals surface area contributed by atoms with Crippen LogP contribution >= 0.6 is 0 Å². The molecular weight excluding hydrogens is 296 g/mol. The van der Waals surface area contributed by atoms with Gasteiger partial charge in [0, 0.05) is 24.7 Å². The van der Waals surface area contributed by atoms with Gasteiger partial charge in [-0.05, 0) is 19.9 Å². The van der Waals surface area contributed by atoms with Crippen LogP contribution in [0, 0.1) is 6.92 Å². The first-order valence-corrected chi connectivity index (χ1v) is 7.81. The van der Waals surface area contributed by atoms with Gasteiger partial charge in [0.05, 0.1) is 12.5 Å². The number of primary sulfonamides is 1. The topological polar surface area (TPSA) is 107 Å². The lowest BCUT2D eigenvalue weighted by atomic mass is 10.3. The van der Waals surface area contributed by atoms with Gasteiger partial charge in [0.15, 0.2) is 5.76 Å². The van der Waals surface area contributed by atoms with Gasteiger partial charge in [-0.2, -0.15) is 0 Å². The summed E-state index contributed by atoms with van der Waals surface area (Å²) in [7, 11) is -3.91. The van der Waals surface area contributed by atoms with Crippen LogP contribution in [-0.2, 0) is 16.6 Å². The highest BCUT2D eigenvalue weighted by Crippen LogP contribution is 2.20. The van der Waals surface area contributed by atoms with Crippen molar-refractivity contribution in [3.8, 4) is 0 Å². The van der Waals surface area contributed by atoms with Crippen molar-refractivity contribution in [2.24, 2.45) is 5.14 Å². The minimum absolute atomic E-state index is 0.0538. The summed E-state index contributed by atoms with van der Waals surface area (Å²) in [5, 5.41) is 5.06. The Bertz CT molecular complexity index is 731. The molecule has 0 spiro atoms. The Hall–Kier alpha value is -2.06. The van der Waals surface area contributed by atoms with E-state index in [1.165, 1.54) is 18.1 Å². The summed E-state index contributed by atoms with van der Waals surface area (Å²) in [5.74, 6) is -0.362. The number of aryl methyl sites for hydroxylation is 1. The van der Waals surface area contributed by atoms with Crippen LogP contribution in [0.3, 0.4) is 0 Å². The van der Waals surface area contributed by atoms with Crippen molar-refractivity contribution in [1.82, 2.24) is 4.90 Å². The van der Waals surface area contributed by atoms with E-state index in [4.69, 9.17) is 14.0 Å². The predicted molar refractivity (Wildman–Crippen MR) is 73.9 cm³/mol. The first kappa shape index (κ1) is 15.3. The molecule has 0 bridgehead atoms. The monoisotopic (exact) mass is 312 g/mol. The molecule has 0 atom stereocenters. The van der Waals surface area contributed by atoms with E-state index in [1.54, 1.807) is 12.3 Å². The van der Waals surface area contributed by atoms with Crippen molar-refractivity contribution in [2.45, 2.75) is 25.3 Å². The molecule has 114 valence electrons. The van der Waals surface area contributed by atoms with Crippen LogP contribution in [0.1, 0.15) is 28.8 Å². The largest absolute Gasteiger partial charge is 0.472 e. The summed E-state index contributed by atoms with van der Waals surface area (Å²) in [6.45, 7) is 4.04. The number of rotatable bonds is 5. The molecule has 0 unspecified atom stereocenters. The maximum Gasteiger partial charge on any atom is 0.289 e. The molecule has 0 saturated heterocycles. The molecule has 1 amide bonds. The molecule has 2 aromatic rings. The van der Waals surface area contributed by atoms with Crippen molar-refractivity contribution >= 4 is 15.9 Å². The molecule has 0 aliphatic heterocycles. The summed E-state index contributed by atoms with van der Waals surface area (Å²) in [6, 6.07) is 2.91. The number of furan rings is 2. The first-order valence-electron chi connectivity index (χ1n) is 6.26. The minimum Gasteiger partial charge on any atom is -0.472 e. The SMILES string of the molecule is CCN(Cc1ccoc1)C(=O)c1cc(S(N)(=O)=O)c(C)o1. The first-order chi connectivity index (χ1) is 9.82. The van der Waals surface area contributed by atoms with E-state index in [2.05, 4.69) is 0 Å². The number of hydrogen-bond acceptors (Lipinski definition) is 5. The second-order valence-corrected chi connectivity index (χ2v) is 6.06. The fourth-order valence-corrected chi connectivity index (χ4v) is 2.65. The van der Waals surface area contributed by atoms with Gasteiger partial charge >= 0.3 is 0 Å². The summed E-state index contributed by atoms with van der Waals surface area (Å²) in [5.41, 5.74) is 0.833. The molecule has 0 radical (unpaired) electrons. The zero-order valence-electron chi connectivity index (χ0n) is 11.7. The number of nitrogens with zero attached hydrogens (tertiary/aromatic N) is 1. The molecule has 2 heterocycles. The lowest BCUT2D eigenvalue weighted by Gasteiger charge is -2.18. The number of sulfonamides is 1. The molecule has 8 heteroatoms. The molecule has 0 aliphatic carbocycles. The second-order valence-electron chi connectivity index (χ2n) is 4.53. The quantitative estimate of drug-likeness (QED) is 0.900. The normalized spacial score (nSPS) is 11.6. The summed E-state index contributed by atoms with van der Waals surface area (Å²) in [4.78, 5) is 13.7. The van der Waals surface area contributed by atoms with Crippen LogP contribution in [0.2, 0.25) is 0 Å². The Labute approximate surface area is 122 Å². The van der Waals surface area contributed by atoms with E-state index in [1.807, 2.05) is 6.92 Å². The van der Waals surface area contributed by atoms with Crippen LogP contribution in [0.5, 0.6) is 0 Å². The van der Waals surface area contributed by atoms with Gasteiger partial charge in [-0.3, -0.25) is 4.79 Å². The molecule has 21 heavy (non-hydrogen) atoms. The van der Waals surface area contributed by atoms with Crippen molar-refractivity contribution in [3.63, 3.8) is 0 Å². The average Bonchev–Trinajstić information content (AvgIpc) is 3.03. The maximum atomic E-state index is 12.4. The van der Waals surface area contributed by atoms with Crippen molar-refractivity contribution in [2.75, 3.05) is 6.54 Å². The number of carbonyl (C=O) groups is 1. The van der Waals surface area contributed by atoms with Crippen LogP contribution < -0.4 is 5.14 Å². The average molecular weight is 312 g/mol. The van der Waals surface area contributed by atoms with E-state index in [9.17, 15) is 13.2 Å². The summed E-state index contributed by atoms with van der Waals surface area (Å²) >= 11 is 0. The number of hydrogen-bond donors (Lipinski definition) is 1. The fraction of sp³-hybridized carbons (Fsp3) is 0.308. The third kappa shape index (κ3) is 3.34. The zero-order chi connectivity index (χ0) is 15.6. The Morgan fingerprint density at radius 1 is 1.43 bits per heavy atom. The third-order valence-electron chi connectivity index (χ3n) is 3.01. The smallest absolute Gasteiger partial charge is 0.289 e. The Kier molecular flexibility index (Phi) is 4.19. The van der Waals surface area contributed by atoms with E-state index in [-0.39, 0.29) is 16.4 Å². The zero-order valence-corrected chi connectivity index (χ0v) is 12.5. The van der Waals surface area contributed by atoms with Gasteiger partial charge < -0.3 is 13.7 Å². The third-order valence-corrected chi connectivity index (χ3v) is 4.03. The van der Waals surface area contributed by atoms with E-state index < -0.39 is 15.9 Å². The maximum absolute atomic E-state index is 12.4. The van der Waals surface area contributed by atoms with E-state index in [0.29, 0.717) is 13.1 Å². The Morgan fingerprint density at radius 2 is 2.14 bits per heavy atom. The van der Waals surface area contributed by atoms with Crippen molar-refractivity contribution in [1.29, 1.82) is 0 Å². The van der Waals surface area contributed by atoms with E-state index in [0.717, 1.165) is 11.6 Å². The molecule has 0 fully saturated rings. The highest BCUT2D eigenvalue weighted by molar-refractivity contribution is 7.89. The van der Waals surface area contributed by atoms with Gasteiger partial charge in [-0.15, -0.1) is 0 Å². The van der Waals surface area contributed by atoms with Crippen LogP contribution in [0.25, 0.3) is 0 Å². The second kappa shape index (κ2) is 5.74. The summed E-state index contributed by atoms with van der Waals surface area (Å²) in [6.07, 6.45) is 3.06. The minimum atomic E-state index is -3.91. The number of nitrogens with two attached hydrogens (primary N) is 1. The molecule has 0 aromatic carbocycles. The molecular formula is C13H16N2O5S. The van der Waals surface area contributed by atoms with Crippen LogP contribution in [0.15, 0.2) is 38.4 Å². The molecule has 2 rings (SSSR count). The lowest BCUT2D eigenvalue weighted by molar-refractivity contribution is 0.0719. The van der Waals surface area contributed by atoms with Gasteiger partial charge in [0.2, 0.25) is 10.0 Å². The van der Waals surface area contributed by atoms with Crippen LogP contribution in [0.4, 0.5) is 0 Å². The Balaban J connectivity index is 2.26. The highest BCUT2D eigenvalue weighted by Gasteiger charge is 2.24. The number of carbonyl (C=O) groups excluding carboxylic acids is 1. The van der Waals surface area contributed by atoms with Gasteiger partial charge in [0.25, 0.3) is 5.91 Å². The highest BCUT2D eigenvalue weighted by atomic mass is 32.2. The molecule has 7 nitrogen and oxygen atoms in total. The standard InChI is InChI=1S/C13H16N2O5S/c1-3-15(7-10-4-5-19-8-10)13(16)11-6-12(9(2)20-11)21(14,17)18/h4-6,8H,3,7H2,1-2H3,(H2,14,17,18).